The van der Waals surface area contributed by atoms with Crippen LogP contribution in [0.5, 0.6) is 0 Å². The minimum absolute atomic E-state index is 0.214. The number of hydrogen-bond acceptors (Lipinski definition) is 2. The van der Waals surface area contributed by atoms with Gasteiger partial charge in [-0.15, -0.1) is 13.2 Å². The fraction of sp³-hybridized carbons (Fsp3) is 0.500. The molecule has 2 unspecified atom stereocenters. The van der Waals surface area contributed by atoms with Crippen molar-refractivity contribution in [2.24, 2.45) is 0 Å². The Hall–Kier alpha value is -1.98. The molecule has 2 saturated heterocycles. The molecule has 0 bridgehead atoms. The van der Waals surface area contributed by atoms with Crippen molar-refractivity contribution in [1.29, 1.82) is 0 Å². The van der Waals surface area contributed by atoms with Gasteiger partial charge in [0.1, 0.15) is 0 Å². The first kappa shape index (κ1) is 12.5. The van der Waals surface area contributed by atoms with E-state index in [9.17, 15) is 9.59 Å². The number of fused-ring (bicyclic) bond motifs is 1. The molecule has 4 amide bonds. The summed E-state index contributed by atoms with van der Waals surface area (Å²) in [5.41, 5.74) is -1.59. The molecule has 98 valence electrons. The lowest BCUT2D eigenvalue weighted by atomic mass is 9.97. The first-order valence-corrected chi connectivity index (χ1v) is 5.82. The van der Waals surface area contributed by atoms with Crippen LogP contribution in [0.25, 0.3) is 0 Å². The van der Waals surface area contributed by atoms with E-state index >= 15 is 0 Å². The highest BCUT2D eigenvalue weighted by Gasteiger charge is 2.66. The normalized spacial score (nSPS) is 34.1. The number of amides is 4. The Labute approximate surface area is 106 Å². The molecule has 6 nitrogen and oxygen atoms in total. The molecular formula is C12H18N4O2. The highest BCUT2D eigenvalue weighted by atomic mass is 16.2. The summed E-state index contributed by atoms with van der Waals surface area (Å²) in [7, 11) is 0. The van der Waals surface area contributed by atoms with Crippen LogP contribution >= 0.6 is 0 Å². The molecule has 2 heterocycles. The lowest BCUT2D eigenvalue weighted by Gasteiger charge is -2.39. The highest BCUT2D eigenvalue weighted by Crippen LogP contribution is 2.39. The summed E-state index contributed by atoms with van der Waals surface area (Å²) in [5, 5.41) is 5.73. The molecule has 2 atom stereocenters. The molecule has 0 radical (unpaired) electrons. The van der Waals surface area contributed by atoms with Gasteiger partial charge in [-0.25, -0.2) is 9.59 Å². The van der Waals surface area contributed by atoms with E-state index in [0.717, 1.165) is 0 Å². The molecule has 0 aromatic carbocycles. The molecule has 2 aliphatic rings. The fourth-order valence-corrected chi connectivity index (χ4v) is 2.65. The predicted molar refractivity (Wildman–Crippen MR) is 67.7 cm³/mol. The molecule has 0 aromatic heterocycles. The van der Waals surface area contributed by atoms with Crippen LogP contribution in [0.3, 0.4) is 0 Å². The van der Waals surface area contributed by atoms with E-state index < -0.39 is 11.3 Å². The maximum atomic E-state index is 12.0. The highest BCUT2D eigenvalue weighted by molar-refractivity contribution is 5.88. The van der Waals surface area contributed by atoms with Crippen molar-refractivity contribution in [3.63, 3.8) is 0 Å². The van der Waals surface area contributed by atoms with Crippen molar-refractivity contribution in [3.8, 4) is 0 Å². The second-order valence-electron chi connectivity index (χ2n) is 4.80. The Morgan fingerprint density at radius 3 is 1.61 bits per heavy atom. The first-order valence-electron chi connectivity index (χ1n) is 5.82. The number of nitrogens with zero attached hydrogens (tertiary/aromatic N) is 2. The second-order valence-corrected chi connectivity index (χ2v) is 4.80. The SMILES string of the molecule is C=CCN1C(=O)NC2(C)N(CC=C)C(=O)NC12C. The van der Waals surface area contributed by atoms with Crippen LogP contribution in [0.1, 0.15) is 13.8 Å². The molecule has 2 rings (SSSR count). The molecule has 6 heteroatoms. The Bertz CT molecular complexity index is 396. The minimum atomic E-state index is -0.793. The number of rotatable bonds is 4. The van der Waals surface area contributed by atoms with Crippen molar-refractivity contribution < 1.29 is 9.59 Å². The van der Waals surface area contributed by atoms with E-state index in [1.54, 1.807) is 22.0 Å². The van der Waals surface area contributed by atoms with Gasteiger partial charge in [-0.3, -0.25) is 9.80 Å². The summed E-state index contributed by atoms with van der Waals surface area (Å²) in [5.74, 6) is 0. The van der Waals surface area contributed by atoms with E-state index in [1.165, 1.54) is 0 Å². The minimum Gasteiger partial charge on any atom is -0.311 e. The molecule has 0 aliphatic carbocycles. The molecule has 18 heavy (non-hydrogen) atoms. The van der Waals surface area contributed by atoms with Gasteiger partial charge in [0.15, 0.2) is 11.3 Å². The van der Waals surface area contributed by atoms with Crippen molar-refractivity contribution in [1.82, 2.24) is 20.4 Å². The van der Waals surface area contributed by atoms with Crippen LogP contribution in [0.2, 0.25) is 0 Å². The van der Waals surface area contributed by atoms with Gasteiger partial charge in [-0.2, -0.15) is 0 Å². The van der Waals surface area contributed by atoms with Gasteiger partial charge in [0.2, 0.25) is 0 Å². The van der Waals surface area contributed by atoms with Crippen LogP contribution in [-0.4, -0.2) is 46.3 Å². The maximum absolute atomic E-state index is 12.0. The van der Waals surface area contributed by atoms with Crippen molar-refractivity contribution in [2.75, 3.05) is 13.1 Å². The smallest absolute Gasteiger partial charge is 0.311 e. The van der Waals surface area contributed by atoms with E-state index in [1.807, 2.05) is 13.8 Å². The van der Waals surface area contributed by atoms with Gasteiger partial charge in [-0.1, -0.05) is 12.2 Å². The predicted octanol–water partition coefficient (Wildman–Crippen LogP) is 0.841. The molecule has 2 N–H and O–H groups in total. The quantitative estimate of drug-likeness (QED) is 0.726. The lowest BCUT2D eigenvalue weighted by Crippen LogP contribution is -2.63. The average molecular weight is 250 g/mol. The topological polar surface area (TPSA) is 64.7 Å². The number of carbonyl (C=O) groups excluding carboxylic acids is 2. The summed E-state index contributed by atoms with van der Waals surface area (Å²) in [6.45, 7) is 11.7. The number of carbonyl (C=O) groups is 2. The van der Waals surface area contributed by atoms with Crippen molar-refractivity contribution >= 4 is 12.1 Å². The summed E-state index contributed by atoms with van der Waals surface area (Å²) in [6.07, 6.45) is 3.28. The molecular weight excluding hydrogens is 232 g/mol. The summed E-state index contributed by atoms with van der Waals surface area (Å²) in [4.78, 5) is 27.2. The van der Waals surface area contributed by atoms with Gasteiger partial charge < -0.3 is 10.6 Å². The third kappa shape index (κ3) is 1.28. The standard InChI is InChI=1S/C12H18N4O2/c1-5-7-15-9(17)13-12(4)11(15,3)14-10(18)16(12)8-6-2/h5-6H,1-2,7-8H2,3-4H3,(H,13,17)(H,14,18). The fourth-order valence-electron chi connectivity index (χ4n) is 2.65. The summed E-state index contributed by atoms with van der Waals surface area (Å²) < 4.78 is 0. The van der Waals surface area contributed by atoms with Gasteiger partial charge in [0.25, 0.3) is 0 Å². The summed E-state index contributed by atoms with van der Waals surface area (Å²) >= 11 is 0. The van der Waals surface area contributed by atoms with E-state index in [4.69, 9.17) is 0 Å². The molecule has 0 spiro atoms. The molecule has 2 fully saturated rings. The van der Waals surface area contributed by atoms with Gasteiger partial charge in [0.05, 0.1) is 0 Å². The molecule has 2 aliphatic heterocycles. The van der Waals surface area contributed by atoms with E-state index in [-0.39, 0.29) is 12.1 Å². The Morgan fingerprint density at radius 1 is 1.00 bits per heavy atom. The molecule has 0 aromatic rings. The third-order valence-corrected chi connectivity index (χ3v) is 3.84. The Kier molecular flexibility index (Phi) is 2.61. The maximum Gasteiger partial charge on any atom is 0.321 e. The second kappa shape index (κ2) is 3.76. The number of nitrogens with one attached hydrogen (secondary N) is 2. The zero-order valence-electron chi connectivity index (χ0n) is 10.7. The zero-order valence-corrected chi connectivity index (χ0v) is 10.7. The molecule has 0 saturated carbocycles. The van der Waals surface area contributed by atoms with Crippen LogP contribution in [0.15, 0.2) is 25.3 Å². The van der Waals surface area contributed by atoms with E-state index in [0.29, 0.717) is 13.1 Å². The van der Waals surface area contributed by atoms with Crippen LogP contribution in [-0.2, 0) is 0 Å². The van der Waals surface area contributed by atoms with Gasteiger partial charge in [0, 0.05) is 13.1 Å². The van der Waals surface area contributed by atoms with Crippen LogP contribution < -0.4 is 10.6 Å². The average Bonchev–Trinajstić information content (AvgIpc) is 2.58. The Morgan fingerprint density at radius 2 is 1.33 bits per heavy atom. The lowest BCUT2D eigenvalue weighted by molar-refractivity contribution is 0.0714. The monoisotopic (exact) mass is 250 g/mol. The Balaban J connectivity index is 2.43. The van der Waals surface area contributed by atoms with Crippen molar-refractivity contribution in [2.45, 2.75) is 25.2 Å². The summed E-state index contributed by atoms with van der Waals surface area (Å²) in [6, 6.07) is -0.428. The van der Waals surface area contributed by atoms with Gasteiger partial charge in [-0.05, 0) is 13.8 Å². The number of urea groups is 2. The van der Waals surface area contributed by atoms with E-state index in [2.05, 4.69) is 23.8 Å². The van der Waals surface area contributed by atoms with Crippen LogP contribution in [0.4, 0.5) is 9.59 Å². The largest absolute Gasteiger partial charge is 0.321 e. The zero-order chi connectivity index (χ0) is 13.6. The van der Waals surface area contributed by atoms with Gasteiger partial charge >= 0.3 is 12.1 Å². The number of hydrogen-bond donors (Lipinski definition) is 2. The third-order valence-electron chi connectivity index (χ3n) is 3.84. The first-order chi connectivity index (χ1) is 8.40. The van der Waals surface area contributed by atoms with Crippen molar-refractivity contribution in [3.05, 3.63) is 25.3 Å². The van der Waals surface area contributed by atoms with Crippen LogP contribution in [0, 0.1) is 0 Å².